The average molecular weight is 306 g/mol. The van der Waals surface area contributed by atoms with Crippen LogP contribution in [0.25, 0.3) is 0 Å². The van der Waals surface area contributed by atoms with E-state index in [2.05, 4.69) is 76.0 Å². The van der Waals surface area contributed by atoms with Gasteiger partial charge in [-0.3, -0.25) is 0 Å². The number of rotatable bonds is 4. The topological polar surface area (TPSA) is 61.4 Å². The van der Waals surface area contributed by atoms with Gasteiger partial charge in [-0.05, 0) is 39.5 Å². The van der Waals surface area contributed by atoms with E-state index in [1.807, 2.05) is 21.8 Å². The maximum Gasteiger partial charge on any atom is 0.0727 e. The van der Waals surface area contributed by atoms with Crippen molar-refractivity contribution in [2.45, 2.75) is 79.3 Å². The molecule has 0 amide bonds. The Balaban J connectivity index is 0.000000220. The quantitative estimate of drug-likeness (QED) is 0.857. The summed E-state index contributed by atoms with van der Waals surface area (Å²) in [6.45, 7) is 17.0. The van der Waals surface area contributed by atoms with E-state index in [0.717, 1.165) is 0 Å². The summed E-state index contributed by atoms with van der Waals surface area (Å²) in [6, 6.07) is 0.824. The van der Waals surface area contributed by atoms with Gasteiger partial charge in [0.1, 0.15) is 0 Å². The standard InChI is InChI=1S/2C8H15N3/c2*1-6(2)8-5-9-10-11(8)7(3)4/h2*5-7H,1-4H3. The average Bonchev–Trinajstić information content (AvgIpc) is 3.08. The molecule has 0 aliphatic carbocycles. The summed E-state index contributed by atoms with van der Waals surface area (Å²) in [5, 5.41) is 15.8. The van der Waals surface area contributed by atoms with E-state index >= 15 is 0 Å². The Morgan fingerprint density at radius 2 is 0.955 bits per heavy atom. The summed E-state index contributed by atoms with van der Waals surface area (Å²) in [5.41, 5.74) is 2.42. The van der Waals surface area contributed by atoms with Gasteiger partial charge in [0.05, 0.1) is 23.8 Å². The highest BCUT2D eigenvalue weighted by Crippen LogP contribution is 2.16. The summed E-state index contributed by atoms with van der Waals surface area (Å²) in [7, 11) is 0. The lowest BCUT2D eigenvalue weighted by Gasteiger charge is -2.10. The van der Waals surface area contributed by atoms with E-state index < -0.39 is 0 Å². The largest absolute Gasteiger partial charge is 0.247 e. The van der Waals surface area contributed by atoms with Gasteiger partial charge in [0.15, 0.2) is 0 Å². The van der Waals surface area contributed by atoms with E-state index in [1.165, 1.54) is 11.4 Å². The summed E-state index contributed by atoms with van der Waals surface area (Å²) in [5.74, 6) is 1.01. The van der Waals surface area contributed by atoms with Crippen molar-refractivity contribution < 1.29 is 0 Å². The van der Waals surface area contributed by atoms with Gasteiger partial charge in [-0.25, -0.2) is 9.36 Å². The van der Waals surface area contributed by atoms with Crippen molar-refractivity contribution >= 4 is 0 Å². The lowest BCUT2D eigenvalue weighted by Crippen LogP contribution is -2.08. The number of nitrogens with zero attached hydrogens (tertiary/aromatic N) is 6. The summed E-state index contributed by atoms with van der Waals surface area (Å²) < 4.78 is 3.93. The van der Waals surface area contributed by atoms with E-state index in [4.69, 9.17) is 0 Å². The van der Waals surface area contributed by atoms with E-state index in [1.54, 1.807) is 0 Å². The predicted molar refractivity (Wildman–Crippen MR) is 89.0 cm³/mol. The van der Waals surface area contributed by atoms with Crippen LogP contribution >= 0.6 is 0 Å². The van der Waals surface area contributed by atoms with Gasteiger partial charge in [0, 0.05) is 12.1 Å². The van der Waals surface area contributed by atoms with Gasteiger partial charge < -0.3 is 0 Å². The molecule has 0 fully saturated rings. The van der Waals surface area contributed by atoms with Crippen molar-refractivity contribution in [3.8, 4) is 0 Å². The first kappa shape index (κ1) is 18.3. The molecule has 0 spiro atoms. The first-order valence-electron chi connectivity index (χ1n) is 8.05. The Bertz CT molecular complexity index is 455. The van der Waals surface area contributed by atoms with E-state index in [0.29, 0.717) is 23.9 Å². The van der Waals surface area contributed by atoms with Crippen molar-refractivity contribution in [2.24, 2.45) is 0 Å². The van der Waals surface area contributed by atoms with Crippen LogP contribution in [0.2, 0.25) is 0 Å². The zero-order valence-electron chi connectivity index (χ0n) is 15.1. The first-order chi connectivity index (χ1) is 10.3. The molecule has 0 aliphatic heterocycles. The second-order valence-corrected chi connectivity index (χ2v) is 6.70. The van der Waals surface area contributed by atoms with Gasteiger partial charge >= 0.3 is 0 Å². The van der Waals surface area contributed by atoms with Crippen LogP contribution in [0.3, 0.4) is 0 Å². The van der Waals surface area contributed by atoms with Crippen molar-refractivity contribution in [3.05, 3.63) is 23.8 Å². The molecular formula is C16H30N6. The third-order valence-corrected chi connectivity index (χ3v) is 3.37. The molecule has 22 heavy (non-hydrogen) atoms. The molecule has 0 saturated carbocycles. The molecule has 0 radical (unpaired) electrons. The molecule has 2 aromatic heterocycles. The third-order valence-electron chi connectivity index (χ3n) is 3.37. The van der Waals surface area contributed by atoms with Crippen LogP contribution in [0.4, 0.5) is 0 Å². The summed E-state index contributed by atoms with van der Waals surface area (Å²) in [4.78, 5) is 0. The van der Waals surface area contributed by atoms with E-state index in [-0.39, 0.29) is 0 Å². The van der Waals surface area contributed by atoms with Crippen LogP contribution in [-0.2, 0) is 0 Å². The van der Waals surface area contributed by atoms with Crippen LogP contribution in [0.5, 0.6) is 0 Å². The minimum atomic E-state index is 0.412. The lowest BCUT2D eigenvalue weighted by molar-refractivity contribution is 0.484. The highest BCUT2D eigenvalue weighted by atomic mass is 15.4. The molecule has 6 nitrogen and oxygen atoms in total. The summed E-state index contributed by atoms with van der Waals surface area (Å²) >= 11 is 0. The monoisotopic (exact) mass is 306 g/mol. The number of aromatic nitrogens is 6. The molecule has 2 aromatic rings. The zero-order valence-corrected chi connectivity index (χ0v) is 15.1. The minimum Gasteiger partial charge on any atom is -0.247 e. The van der Waals surface area contributed by atoms with Gasteiger partial charge in [-0.1, -0.05) is 38.1 Å². The third kappa shape index (κ3) is 4.64. The van der Waals surface area contributed by atoms with Crippen molar-refractivity contribution in [1.29, 1.82) is 0 Å². The summed E-state index contributed by atoms with van der Waals surface area (Å²) in [6.07, 6.45) is 3.68. The van der Waals surface area contributed by atoms with Crippen LogP contribution in [0, 0.1) is 0 Å². The Morgan fingerprint density at radius 3 is 1.14 bits per heavy atom. The maximum atomic E-state index is 4.00. The first-order valence-corrected chi connectivity index (χ1v) is 8.05. The van der Waals surface area contributed by atoms with Gasteiger partial charge in [-0.15, -0.1) is 10.2 Å². The highest BCUT2D eigenvalue weighted by molar-refractivity contribution is 5.01. The normalized spacial score (nSPS) is 11.5. The second kappa shape index (κ2) is 8.06. The zero-order chi connectivity index (χ0) is 16.9. The van der Waals surface area contributed by atoms with Crippen molar-refractivity contribution in [2.75, 3.05) is 0 Å². The molecule has 0 bridgehead atoms. The molecule has 0 aliphatic rings. The molecule has 0 saturated heterocycles. The Hall–Kier alpha value is -1.72. The Morgan fingerprint density at radius 1 is 0.636 bits per heavy atom. The smallest absolute Gasteiger partial charge is 0.0727 e. The fourth-order valence-corrected chi connectivity index (χ4v) is 2.13. The maximum absolute atomic E-state index is 4.00. The molecule has 0 unspecified atom stereocenters. The predicted octanol–water partition coefficient (Wildman–Crippen LogP) is 3.96. The minimum absolute atomic E-state index is 0.412. The molecule has 0 atom stereocenters. The fraction of sp³-hybridized carbons (Fsp3) is 0.750. The SMILES string of the molecule is CC(C)c1cnnn1C(C)C.CC(C)c1cnnn1C(C)C. The molecule has 6 heteroatoms. The van der Waals surface area contributed by atoms with Crippen molar-refractivity contribution in [1.82, 2.24) is 30.0 Å². The second-order valence-electron chi connectivity index (χ2n) is 6.70. The van der Waals surface area contributed by atoms with Gasteiger partial charge in [0.25, 0.3) is 0 Å². The number of hydrogen-bond acceptors (Lipinski definition) is 4. The molecule has 2 rings (SSSR count). The number of hydrogen-bond donors (Lipinski definition) is 0. The fourth-order valence-electron chi connectivity index (χ4n) is 2.13. The van der Waals surface area contributed by atoms with Crippen LogP contribution in [-0.4, -0.2) is 30.0 Å². The molecule has 124 valence electrons. The lowest BCUT2D eigenvalue weighted by atomic mass is 10.1. The molecule has 0 aromatic carbocycles. The van der Waals surface area contributed by atoms with Gasteiger partial charge in [0.2, 0.25) is 0 Å². The van der Waals surface area contributed by atoms with Crippen LogP contribution in [0.1, 0.15) is 90.7 Å². The van der Waals surface area contributed by atoms with Crippen LogP contribution < -0.4 is 0 Å². The molecule has 0 N–H and O–H groups in total. The molecular weight excluding hydrogens is 276 g/mol. The Kier molecular flexibility index (Phi) is 6.71. The van der Waals surface area contributed by atoms with Crippen LogP contribution in [0.15, 0.2) is 12.4 Å². The highest BCUT2D eigenvalue weighted by Gasteiger charge is 2.10. The molecule has 2 heterocycles. The Labute approximate surface area is 133 Å². The van der Waals surface area contributed by atoms with Crippen molar-refractivity contribution in [3.63, 3.8) is 0 Å². The van der Waals surface area contributed by atoms with E-state index in [9.17, 15) is 0 Å². The van der Waals surface area contributed by atoms with Gasteiger partial charge in [-0.2, -0.15) is 0 Å².